The molecule has 218 valence electrons. The van der Waals surface area contributed by atoms with Crippen LogP contribution in [0.15, 0.2) is 24.4 Å². The standard InChI is InChI=1S/C31H47NO6S/c1-9-24-31(7)25(27(29(35)38-31)39-15-13-23-12-10-11-14-32-23)22(5)26(33)21(4)18-30(6,36-8)17-19(2)16-20(3)28(34)37-24/h10-12,14,19-22,24-25,27H,9,13,15-18H2,1-8H3. The van der Waals surface area contributed by atoms with E-state index in [9.17, 15) is 14.4 Å². The molecule has 9 atom stereocenters. The third kappa shape index (κ3) is 7.24. The van der Waals surface area contributed by atoms with E-state index in [2.05, 4.69) is 11.9 Å². The minimum atomic E-state index is -1.11. The maximum absolute atomic E-state index is 14.0. The van der Waals surface area contributed by atoms with Gasteiger partial charge in [-0.3, -0.25) is 19.4 Å². The molecule has 39 heavy (non-hydrogen) atoms. The van der Waals surface area contributed by atoms with Gasteiger partial charge < -0.3 is 14.2 Å². The van der Waals surface area contributed by atoms with Gasteiger partial charge in [-0.05, 0) is 69.8 Å². The Labute approximate surface area is 238 Å². The van der Waals surface area contributed by atoms with Gasteiger partial charge in [-0.2, -0.15) is 0 Å². The van der Waals surface area contributed by atoms with Crippen molar-refractivity contribution in [3.05, 3.63) is 30.1 Å². The number of carbonyl (C=O) groups is 3. The van der Waals surface area contributed by atoms with Crippen molar-refractivity contribution in [3.8, 4) is 0 Å². The Morgan fingerprint density at radius 3 is 2.38 bits per heavy atom. The quantitative estimate of drug-likeness (QED) is 0.410. The molecule has 2 fully saturated rings. The van der Waals surface area contributed by atoms with E-state index in [4.69, 9.17) is 14.2 Å². The van der Waals surface area contributed by atoms with Crippen molar-refractivity contribution in [2.75, 3.05) is 12.9 Å². The Bertz CT molecular complexity index is 1000. The number of nitrogens with zero attached hydrogens (tertiary/aromatic N) is 1. The molecule has 2 saturated heterocycles. The van der Waals surface area contributed by atoms with Gasteiger partial charge in [0.1, 0.15) is 17.1 Å². The molecule has 0 N–H and O–H groups in total. The third-order valence-corrected chi connectivity index (χ3v) is 10.1. The molecule has 0 bridgehead atoms. The fourth-order valence-corrected chi connectivity index (χ4v) is 8.32. The molecule has 0 radical (unpaired) electrons. The normalized spacial score (nSPS) is 38.5. The van der Waals surface area contributed by atoms with Crippen LogP contribution < -0.4 is 0 Å². The summed E-state index contributed by atoms with van der Waals surface area (Å²) in [5.74, 6) is -1.19. The Balaban J connectivity index is 1.98. The molecular formula is C31H47NO6S. The van der Waals surface area contributed by atoms with Gasteiger partial charge in [0.15, 0.2) is 5.60 Å². The average molecular weight is 562 g/mol. The average Bonchev–Trinajstić information content (AvgIpc) is 3.15. The molecule has 7 nitrogen and oxygen atoms in total. The maximum Gasteiger partial charge on any atom is 0.320 e. The smallest absolute Gasteiger partial charge is 0.320 e. The predicted octanol–water partition coefficient (Wildman–Crippen LogP) is 5.68. The van der Waals surface area contributed by atoms with Gasteiger partial charge in [-0.25, -0.2) is 0 Å². The predicted molar refractivity (Wildman–Crippen MR) is 153 cm³/mol. The first kappa shape index (κ1) is 31.6. The summed E-state index contributed by atoms with van der Waals surface area (Å²) in [6.45, 7) is 13.7. The Morgan fingerprint density at radius 2 is 1.77 bits per heavy atom. The number of Topliss-reactive ketones (excluding diaryl/α,β-unsaturated/α-hetero) is 1. The maximum atomic E-state index is 14.0. The Hall–Kier alpha value is -1.93. The first-order valence-corrected chi connectivity index (χ1v) is 15.4. The fourth-order valence-electron chi connectivity index (χ4n) is 6.84. The Kier molecular flexibility index (Phi) is 10.7. The SMILES string of the molecule is CCC1OC(=O)C(C)CC(C)CC(C)(OC)CC(C)C(=O)C(C)C2C(SCCc3ccccn3)C(=O)OC12C. The molecule has 0 amide bonds. The number of aromatic nitrogens is 1. The molecule has 3 heterocycles. The minimum Gasteiger partial charge on any atom is -0.458 e. The number of thioether (sulfide) groups is 1. The zero-order chi connectivity index (χ0) is 29.0. The Morgan fingerprint density at radius 1 is 1.05 bits per heavy atom. The second kappa shape index (κ2) is 13.2. The number of fused-ring (bicyclic) bond motifs is 1. The van der Waals surface area contributed by atoms with Crippen LogP contribution in [0.4, 0.5) is 0 Å². The number of ketones is 1. The highest BCUT2D eigenvalue weighted by molar-refractivity contribution is 8.00. The fraction of sp³-hybridized carbons (Fsp3) is 0.742. The van der Waals surface area contributed by atoms with Gasteiger partial charge in [0.05, 0.1) is 11.5 Å². The zero-order valence-electron chi connectivity index (χ0n) is 24.9. The third-order valence-electron chi connectivity index (χ3n) is 8.83. The van der Waals surface area contributed by atoms with E-state index in [0.29, 0.717) is 31.4 Å². The number of esters is 2. The largest absolute Gasteiger partial charge is 0.458 e. The van der Waals surface area contributed by atoms with Gasteiger partial charge in [-0.15, -0.1) is 11.8 Å². The van der Waals surface area contributed by atoms with Crippen LogP contribution in [0, 0.1) is 29.6 Å². The molecule has 0 spiro atoms. The van der Waals surface area contributed by atoms with Gasteiger partial charge in [0.2, 0.25) is 0 Å². The molecule has 1 aromatic rings. The molecule has 0 aromatic carbocycles. The van der Waals surface area contributed by atoms with Crippen molar-refractivity contribution in [2.45, 2.75) is 103 Å². The van der Waals surface area contributed by atoms with E-state index in [1.54, 1.807) is 13.3 Å². The lowest BCUT2D eigenvalue weighted by atomic mass is 9.70. The summed E-state index contributed by atoms with van der Waals surface area (Å²) in [4.78, 5) is 45.1. The van der Waals surface area contributed by atoms with E-state index >= 15 is 0 Å². The van der Waals surface area contributed by atoms with Gasteiger partial charge in [-0.1, -0.05) is 40.7 Å². The van der Waals surface area contributed by atoms with Gasteiger partial charge >= 0.3 is 11.9 Å². The van der Waals surface area contributed by atoms with Crippen LogP contribution in [0.5, 0.6) is 0 Å². The first-order chi connectivity index (χ1) is 18.3. The summed E-state index contributed by atoms with van der Waals surface area (Å²) in [6.07, 6.45) is 4.26. The lowest BCUT2D eigenvalue weighted by Crippen LogP contribution is -2.52. The zero-order valence-corrected chi connectivity index (χ0v) is 25.7. The van der Waals surface area contributed by atoms with Crippen molar-refractivity contribution in [2.24, 2.45) is 29.6 Å². The number of rotatable bonds is 6. The number of cyclic esters (lactones) is 1. The van der Waals surface area contributed by atoms with Crippen molar-refractivity contribution in [3.63, 3.8) is 0 Å². The number of aryl methyl sites for hydroxylation is 1. The van der Waals surface area contributed by atoms with Crippen LogP contribution in [0.25, 0.3) is 0 Å². The second-order valence-electron chi connectivity index (χ2n) is 12.2. The van der Waals surface area contributed by atoms with Crippen LogP contribution in [0.3, 0.4) is 0 Å². The van der Waals surface area contributed by atoms with Crippen LogP contribution >= 0.6 is 11.8 Å². The summed E-state index contributed by atoms with van der Waals surface area (Å²) in [5, 5.41) is -0.545. The van der Waals surface area contributed by atoms with E-state index in [1.165, 1.54) is 11.8 Å². The lowest BCUT2D eigenvalue weighted by molar-refractivity contribution is -0.183. The minimum absolute atomic E-state index is 0.0855. The molecule has 8 heteroatoms. The topological polar surface area (TPSA) is 91.8 Å². The number of hydrogen-bond donors (Lipinski definition) is 0. The molecule has 0 aliphatic carbocycles. The molecule has 0 saturated carbocycles. The number of ether oxygens (including phenoxy) is 3. The second-order valence-corrected chi connectivity index (χ2v) is 13.5. The van der Waals surface area contributed by atoms with Crippen LogP contribution in [-0.4, -0.2) is 58.1 Å². The molecule has 2 aliphatic heterocycles. The van der Waals surface area contributed by atoms with Crippen LogP contribution in [0.2, 0.25) is 0 Å². The van der Waals surface area contributed by atoms with Crippen LogP contribution in [0.1, 0.15) is 79.8 Å². The van der Waals surface area contributed by atoms with Gasteiger partial charge in [0.25, 0.3) is 0 Å². The monoisotopic (exact) mass is 561 g/mol. The molecule has 1 aromatic heterocycles. The van der Waals surface area contributed by atoms with E-state index in [1.807, 2.05) is 59.7 Å². The van der Waals surface area contributed by atoms with Crippen molar-refractivity contribution in [1.82, 2.24) is 4.98 Å². The highest BCUT2D eigenvalue weighted by atomic mass is 32.2. The van der Waals surface area contributed by atoms with Crippen molar-refractivity contribution in [1.29, 1.82) is 0 Å². The van der Waals surface area contributed by atoms with E-state index < -0.39 is 34.4 Å². The molecule has 2 aliphatic rings. The summed E-state index contributed by atoms with van der Waals surface area (Å²) in [5.41, 5.74) is -0.667. The summed E-state index contributed by atoms with van der Waals surface area (Å²) < 4.78 is 18.2. The lowest BCUT2D eigenvalue weighted by Gasteiger charge is -2.41. The van der Waals surface area contributed by atoms with E-state index in [-0.39, 0.29) is 35.5 Å². The van der Waals surface area contributed by atoms with Crippen molar-refractivity contribution >= 4 is 29.5 Å². The highest BCUT2D eigenvalue weighted by Gasteiger charge is 2.61. The van der Waals surface area contributed by atoms with Gasteiger partial charge in [0, 0.05) is 36.8 Å². The van der Waals surface area contributed by atoms with Crippen LogP contribution in [-0.2, 0) is 35.0 Å². The van der Waals surface area contributed by atoms with E-state index in [0.717, 1.165) is 12.1 Å². The summed E-state index contributed by atoms with van der Waals surface area (Å²) in [6, 6.07) is 5.79. The molecular weight excluding hydrogens is 514 g/mol. The molecule has 3 rings (SSSR count). The van der Waals surface area contributed by atoms with Crippen molar-refractivity contribution < 1.29 is 28.6 Å². The molecule has 9 unspecified atom stereocenters. The summed E-state index contributed by atoms with van der Waals surface area (Å²) in [7, 11) is 1.69. The summed E-state index contributed by atoms with van der Waals surface area (Å²) >= 11 is 1.51. The number of hydrogen-bond acceptors (Lipinski definition) is 8. The number of carbonyl (C=O) groups excluding carboxylic acids is 3. The highest BCUT2D eigenvalue weighted by Crippen LogP contribution is 2.48. The number of pyridine rings is 1. The number of methoxy groups -OCH3 is 1. The first-order valence-electron chi connectivity index (χ1n) is 14.4.